The summed E-state index contributed by atoms with van der Waals surface area (Å²) in [4.78, 5) is 37.8. The fraction of sp³-hybridized carbons (Fsp3) is 0.455. The minimum absolute atomic E-state index is 0.118. The summed E-state index contributed by atoms with van der Waals surface area (Å²) in [6.07, 6.45) is 6.47. The zero-order chi connectivity index (χ0) is 22.0. The molecule has 164 valence electrons. The van der Waals surface area contributed by atoms with Gasteiger partial charge in [-0.05, 0) is 31.7 Å². The topological polar surface area (TPSA) is 61.2 Å². The molecule has 2 aromatic rings. The van der Waals surface area contributed by atoms with Crippen molar-refractivity contribution in [1.29, 1.82) is 0 Å². The van der Waals surface area contributed by atoms with Crippen LogP contribution in [0.4, 0.5) is 5.82 Å². The standard InChI is InChI=1S/C22H27N5O2S2/c1-3-4-6-10-27-21(29)17(31-22(27)30)15-16-19(25-13-11-24(2)12-14-25)23-18-8-5-7-9-26(18)20(16)28/h5,7-9,15H,3-4,6,10-14H2,1-2H3/b17-15-. The zero-order valence-electron chi connectivity index (χ0n) is 17.9. The number of rotatable bonds is 6. The van der Waals surface area contributed by atoms with Gasteiger partial charge in [-0.25, -0.2) is 4.98 Å². The van der Waals surface area contributed by atoms with E-state index in [2.05, 4.69) is 23.8 Å². The Hall–Kier alpha value is -2.23. The van der Waals surface area contributed by atoms with Gasteiger partial charge < -0.3 is 9.80 Å². The normalized spacial score (nSPS) is 19.2. The molecule has 2 aliphatic heterocycles. The van der Waals surface area contributed by atoms with Crippen molar-refractivity contribution < 1.29 is 4.79 Å². The van der Waals surface area contributed by atoms with E-state index >= 15 is 0 Å². The number of unbranched alkanes of at least 4 members (excludes halogenated alkanes) is 2. The summed E-state index contributed by atoms with van der Waals surface area (Å²) in [6, 6.07) is 5.51. The van der Waals surface area contributed by atoms with Gasteiger partial charge in [0.05, 0.1) is 10.5 Å². The highest BCUT2D eigenvalue weighted by molar-refractivity contribution is 8.26. The first-order valence-corrected chi connectivity index (χ1v) is 11.9. The first kappa shape index (κ1) is 22.0. The number of pyridine rings is 1. The molecule has 0 N–H and O–H groups in total. The lowest BCUT2D eigenvalue weighted by Crippen LogP contribution is -2.45. The molecule has 0 aliphatic carbocycles. The molecule has 9 heteroatoms. The number of amides is 1. The minimum atomic E-state index is -0.171. The second-order valence-corrected chi connectivity index (χ2v) is 9.59. The van der Waals surface area contributed by atoms with Gasteiger partial charge in [-0.3, -0.25) is 18.9 Å². The van der Waals surface area contributed by atoms with Gasteiger partial charge in [0.2, 0.25) is 0 Å². The maximum atomic E-state index is 13.4. The van der Waals surface area contributed by atoms with Crippen molar-refractivity contribution in [2.24, 2.45) is 0 Å². The molecule has 1 amide bonds. The van der Waals surface area contributed by atoms with Gasteiger partial charge >= 0.3 is 0 Å². The van der Waals surface area contributed by atoms with Gasteiger partial charge in [0.15, 0.2) is 0 Å². The van der Waals surface area contributed by atoms with E-state index in [4.69, 9.17) is 17.2 Å². The summed E-state index contributed by atoms with van der Waals surface area (Å²) in [6.45, 7) is 6.11. The third-order valence-corrected chi connectivity index (χ3v) is 7.06. The number of carbonyl (C=O) groups excluding carboxylic acids is 1. The molecule has 2 aliphatic rings. The third kappa shape index (κ3) is 4.53. The molecule has 0 unspecified atom stereocenters. The van der Waals surface area contributed by atoms with E-state index in [1.54, 1.807) is 17.2 Å². The number of hydrogen-bond donors (Lipinski definition) is 0. The lowest BCUT2D eigenvalue weighted by atomic mass is 10.2. The fourth-order valence-electron chi connectivity index (χ4n) is 3.82. The van der Waals surface area contributed by atoms with E-state index in [-0.39, 0.29) is 11.5 Å². The Kier molecular flexibility index (Phi) is 6.74. The maximum absolute atomic E-state index is 13.4. The molecule has 0 bridgehead atoms. The molecule has 0 spiro atoms. The van der Waals surface area contributed by atoms with Crippen LogP contribution in [0.5, 0.6) is 0 Å². The van der Waals surface area contributed by atoms with Crippen molar-refractivity contribution in [1.82, 2.24) is 19.2 Å². The highest BCUT2D eigenvalue weighted by atomic mass is 32.2. The minimum Gasteiger partial charge on any atom is -0.353 e. The average molecular weight is 458 g/mol. The molecule has 2 fully saturated rings. The number of fused-ring (bicyclic) bond motifs is 1. The lowest BCUT2D eigenvalue weighted by molar-refractivity contribution is -0.122. The van der Waals surface area contributed by atoms with Crippen molar-refractivity contribution in [3.05, 3.63) is 45.2 Å². The number of anilines is 1. The van der Waals surface area contributed by atoms with Gasteiger partial charge in [-0.1, -0.05) is 49.8 Å². The van der Waals surface area contributed by atoms with E-state index in [9.17, 15) is 9.59 Å². The Morgan fingerprint density at radius 1 is 1.16 bits per heavy atom. The Bertz CT molecular complexity index is 1090. The van der Waals surface area contributed by atoms with Crippen molar-refractivity contribution in [2.45, 2.75) is 26.2 Å². The van der Waals surface area contributed by atoms with Crippen LogP contribution in [0.1, 0.15) is 31.7 Å². The predicted molar refractivity (Wildman–Crippen MR) is 131 cm³/mol. The van der Waals surface area contributed by atoms with Crippen molar-refractivity contribution in [2.75, 3.05) is 44.7 Å². The van der Waals surface area contributed by atoms with Gasteiger partial charge in [0.25, 0.3) is 11.5 Å². The van der Waals surface area contributed by atoms with Crippen LogP contribution >= 0.6 is 24.0 Å². The van der Waals surface area contributed by atoms with Gasteiger partial charge in [0.1, 0.15) is 15.8 Å². The Morgan fingerprint density at radius 2 is 1.94 bits per heavy atom. The molecule has 31 heavy (non-hydrogen) atoms. The molecule has 0 aromatic carbocycles. The SMILES string of the molecule is CCCCCN1C(=O)/C(=C/c2c(N3CCN(C)CC3)nc3ccccn3c2=O)SC1=S. The van der Waals surface area contributed by atoms with Gasteiger partial charge in [-0.2, -0.15) is 0 Å². The van der Waals surface area contributed by atoms with E-state index in [1.165, 1.54) is 16.2 Å². The van der Waals surface area contributed by atoms with Crippen LogP contribution in [0, 0.1) is 0 Å². The molecule has 0 radical (unpaired) electrons. The van der Waals surface area contributed by atoms with E-state index < -0.39 is 0 Å². The van der Waals surface area contributed by atoms with Gasteiger partial charge in [0, 0.05) is 38.9 Å². The monoisotopic (exact) mass is 457 g/mol. The highest BCUT2D eigenvalue weighted by Crippen LogP contribution is 2.33. The summed E-state index contributed by atoms with van der Waals surface area (Å²) < 4.78 is 2.09. The van der Waals surface area contributed by atoms with Crippen LogP contribution in [0.25, 0.3) is 11.7 Å². The molecule has 4 rings (SSSR count). The Morgan fingerprint density at radius 3 is 2.68 bits per heavy atom. The van der Waals surface area contributed by atoms with Crippen LogP contribution in [0.2, 0.25) is 0 Å². The van der Waals surface area contributed by atoms with E-state index in [0.29, 0.717) is 32.8 Å². The number of piperazine rings is 1. The fourth-order valence-corrected chi connectivity index (χ4v) is 5.11. The number of likely N-dealkylation sites (N-methyl/N-ethyl adjacent to an activating group) is 1. The second kappa shape index (κ2) is 9.50. The highest BCUT2D eigenvalue weighted by Gasteiger charge is 2.32. The largest absolute Gasteiger partial charge is 0.353 e. The number of nitrogens with zero attached hydrogens (tertiary/aromatic N) is 5. The van der Waals surface area contributed by atoms with E-state index in [1.807, 2.05) is 18.2 Å². The predicted octanol–water partition coefficient (Wildman–Crippen LogP) is 2.84. The van der Waals surface area contributed by atoms with E-state index in [0.717, 1.165) is 45.4 Å². The molecular formula is C22H27N5O2S2. The molecule has 2 saturated heterocycles. The Balaban J connectivity index is 1.75. The second-order valence-electron chi connectivity index (χ2n) is 7.91. The summed E-state index contributed by atoms with van der Waals surface area (Å²) in [5, 5.41) is 0. The maximum Gasteiger partial charge on any atom is 0.267 e. The van der Waals surface area contributed by atoms with Crippen molar-refractivity contribution >= 4 is 51.7 Å². The summed E-state index contributed by atoms with van der Waals surface area (Å²) in [5.74, 6) is 0.522. The zero-order valence-corrected chi connectivity index (χ0v) is 19.5. The molecule has 0 atom stereocenters. The molecular weight excluding hydrogens is 430 g/mol. The van der Waals surface area contributed by atoms with Crippen LogP contribution in [-0.4, -0.2) is 69.2 Å². The van der Waals surface area contributed by atoms with Crippen LogP contribution < -0.4 is 10.5 Å². The lowest BCUT2D eigenvalue weighted by Gasteiger charge is -2.34. The molecule has 4 heterocycles. The van der Waals surface area contributed by atoms with Crippen LogP contribution in [0.3, 0.4) is 0 Å². The quantitative estimate of drug-likeness (QED) is 0.376. The first-order chi connectivity index (χ1) is 15.0. The van der Waals surface area contributed by atoms with Gasteiger partial charge in [-0.15, -0.1) is 0 Å². The summed E-state index contributed by atoms with van der Waals surface area (Å²) in [7, 11) is 2.09. The third-order valence-electron chi connectivity index (χ3n) is 5.69. The Labute approximate surface area is 191 Å². The van der Waals surface area contributed by atoms with Crippen LogP contribution in [0.15, 0.2) is 34.1 Å². The first-order valence-electron chi connectivity index (χ1n) is 10.7. The number of thioether (sulfide) groups is 1. The number of thiocarbonyl (C=S) groups is 1. The van der Waals surface area contributed by atoms with Crippen molar-refractivity contribution in [3.8, 4) is 0 Å². The molecule has 2 aromatic heterocycles. The average Bonchev–Trinajstić information content (AvgIpc) is 3.04. The smallest absolute Gasteiger partial charge is 0.267 e. The summed E-state index contributed by atoms with van der Waals surface area (Å²) in [5.41, 5.74) is 0.879. The number of carbonyl (C=O) groups is 1. The van der Waals surface area contributed by atoms with Crippen molar-refractivity contribution in [3.63, 3.8) is 0 Å². The molecule has 0 saturated carbocycles. The summed E-state index contributed by atoms with van der Waals surface area (Å²) >= 11 is 6.72. The molecule has 7 nitrogen and oxygen atoms in total. The van der Waals surface area contributed by atoms with Crippen LogP contribution in [-0.2, 0) is 4.79 Å². The number of hydrogen-bond acceptors (Lipinski definition) is 7. The number of aromatic nitrogens is 2.